The van der Waals surface area contributed by atoms with Crippen LogP contribution < -0.4 is 11.1 Å². The Kier molecular flexibility index (Phi) is 5.25. The van der Waals surface area contributed by atoms with Crippen molar-refractivity contribution in [2.75, 3.05) is 13.1 Å². The molecule has 0 saturated heterocycles. The molecule has 0 aliphatic carbocycles. The van der Waals surface area contributed by atoms with E-state index in [4.69, 9.17) is 5.73 Å². The first-order valence-corrected chi connectivity index (χ1v) is 6.72. The van der Waals surface area contributed by atoms with Gasteiger partial charge in [0, 0.05) is 13.1 Å². The second-order valence-corrected chi connectivity index (χ2v) is 4.50. The van der Waals surface area contributed by atoms with Crippen molar-refractivity contribution in [2.24, 2.45) is 5.73 Å². The van der Waals surface area contributed by atoms with Crippen molar-refractivity contribution < 1.29 is 4.79 Å². The molecule has 0 spiro atoms. The van der Waals surface area contributed by atoms with Crippen molar-refractivity contribution in [2.45, 2.75) is 19.4 Å². The summed E-state index contributed by atoms with van der Waals surface area (Å²) in [5.74, 6) is -0.193. The van der Waals surface area contributed by atoms with E-state index in [9.17, 15) is 4.79 Å². The normalized spacial score (nSPS) is 10.4. The molecule has 1 aromatic carbocycles. The molecule has 1 aromatic heterocycles. The molecular formula is C14H19N5O. The molecule has 1 amide bonds. The van der Waals surface area contributed by atoms with Gasteiger partial charge in [0.1, 0.15) is 0 Å². The molecule has 6 heteroatoms. The Morgan fingerprint density at radius 1 is 1.30 bits per heavy atom. The predicted molar refractivity (Wildman–Crippen MR) is 76.2 cm³/mol. The van der Waals surface area contributed by atoms with Crippen LogP contribution in [0.2, 0.25) is 0 Å². The number of aromatic nitrogens is 3. The van der Waals surface area contributed by atoms with Gasteiger partial charge in [-0.15, -0.1) is 5.10 Å². The maximum atomic E-state index is 11.8. The number of amides is 1. The molecule has 0 fully saturated rings. The molecule has 0 saturated carbocycles. The van der Waals surface area contributed by atoms with Gasteiger partial charge in [-0.25, -0.2) is 0 Å². The molecule has 0 aliphatic heterocycles. The molecule has 0 atom stereocenters. The van der Waals surface area contributed by atoms with Crippen LogP contribution in [0.5, 0.6) is 0 Å². The fraction of sp³-hybridized carbons (Fsp3) is 0.357. The third-order valence-corrected chi connectivity index (χ3v) is 2.90. The van der Waals surface area contributed by atoms with E-state index in [2.05, 4.69) is 27.8 Å². The second kappa shape index (κ2) is 7.40. The molecule has 2 aromatic rings. The van der Waals surface area contributed by atoms with Crippen molar-refractivity contribution in [3.05, 3.63) is 47.8 Å². The first kappa shape index (κ1) is 14.2. The Bertz CT molecular complexity index is 538. The Morgan fingerprint density at radius 3 is 2.85 bits per heavy atom. The Hall–Kier alpha value is -2.21. The Morgan fingerprint density at radius 2 is 2.10 bits per heavy atom. The minimum Gasteiger partial charge on any atom is -0.351 e. The highest BCUT2D eigenvalue weighted by atomic mass is 16.2. The topological polar surface area (TPSA) is 85.8 Å². The van der Waals surface area contributed by atoms with Crippen molar-refractivity contribution in [1.29, 1.82) is 0 Å². The van der Waals surface area contributed by atoms with Crippen LogP contribution in [0.25, 0.3) is 0 Å². The number of carbonyl (C=O) groups excluding carboxylic acids is 1. The van der Waals surface area contributed by atoms with E-state index in [1.807, 2.05) is 18.2 Å². The van der Waals surface area contributed by atoms with E-state index >= 15 is 0 Å². The maximum Gasteiger partial charge on any atom is 0.273 e. The van der Waals surface area contributed by atoms with Gasteiger partial charge in [-0.2, -0.15) is 0 Å². The third kappa shape index (κ3) is 4.17. The number of nitrogens with one attached hydrogen (secondary N) is 1. The molecule has 6 nitrogen and oxygen atoms in total. The molecule has 2 rings (SSSR count). The molecule has 0 radical (unpaired) electrons. The molecule has 20 heavy (non-hydrogen) atoms. The van der Waals surface area contributed by atoms with E-state index in [1.165, 1.54) is 5.56 Å². The zero-order chi connectivity index (χ0) is 14.2. The smallest absolute Gasteiger partial charge is 0.273 e. The summed E-state index contributed by atoms with van der Waals surface area (Å²) in [4.78, 5) is 11.8. The van der Waals surface area contributed by atoms with Gasteiger partial charge in [-0.1, -0.05) is 35.5 Å². The van der Waals surface area contributed by atoms with Gasteiger partial charge in [0.25, 0.3) is 5.91 Å². The van der Waals surface area contributed by atoms with Crippen molar-refractivity contribution in [3.8, 4) is 0 Å². The lowest BCUT2D eigenvalue weighted by Crippen LogP contribution is -2.25. The first-order chi connectivity index (χ1) is 9.79. The van der Waals surface area contributed by atoms with Crippen LogP contribution >= 0.6 is 0 Å². The number of aryl methyl sites for hydroxylation is 1. The predicted octanol–water partition coefficient (Wildman–Crippen LogP) is 0.599. The fourth-order valence-corrected chi connectivity index (χ4v) is 1.87. The van der Waals surface area contributed by atoms with Gasteiger partial charge in [0.05, 0.1) is 12.7 Å². The van der Waals surface area contributed by atoms with Gasteiger partial charge in [-0.05, 0) is 18.4 Å². The minimum absolute atomic E-state index is 0.193. The molecule has 0 bridgehead atoms. The minimum atomic E-state index is -0.193. The average molecular weight is 273 g/mol. The van der Waals surface area contributed by atoms with Crippen LogP contribution in [0, 0.1) is 0 Å². The first-order valence-electron chi connectivity index (χ1n) is 6.72. The number of carbonyl (C=O) groups is 1. The van der Waals surface area contributed by atoms with Crippen molar-refractivity contribution in [1.82, 2.24) is 20.3 Å². The lowest BCUT2D eigenvalue weighted by Gasteiger charge is -2.03. The standard InChI is InChI=1S/C14H19N5O/c15-8-10-19-11-13(17-18-19)14(20)16-9-4-7-12-5-2-1-3-6-12/h1-3,5-6,11H,4,7-10,15H2,(H,16,20). The number of nitrogens with two attached hydrogens (primary N) is 1. The largest absolute Gasteiger partial charge is 0.351 e. The molecule has 3 N–H and O–H groups in total. The number of nitrogens with zero attached hydrogens (tertiary/aromatic N) is 3. The van der Waals surface area contributed by atoms with Crippen molar-refractivity contribution in [3.63, 3.8) is 0 Å². The SMILES string of the molecule is NCCn1cc(C(=O)NCCCc2ccccc2)nn1. The summed E-state index contributed by atoms with van der Waals surface area (Å²) in [5, 5.41) is 10.5. The molecule has 106 valence electrons. The fourth-order valence-electron chi connectivity index (χ4n) is 1.87. The molecular weight excluding hydrogens is 254 g/mol. The van der Waals surface area contributed by atoms with Crippen LogP contribution in [-0.2, 0) is 13.0 Å². The van der Waals surface area contributed by atoms with Crippen molar-refractivity contribution >= 4 is 5.91 Å². The summed E-state index contributed by atoms with van der Waals surface area (Å²) in [5.41, 5.74) is 7.02. The van der Waals surface area contributed by atoms with Crippen LogP contribution in [0.15, 0.2) is 36.5 Å². The van der Waals surface area contributed by atoms with E-state index in [0.717, 1.165) is 12.8 Å². The monoisotopic (exact) mass is 273 g/mol. The summed E-state index contributed by atoms with van der Waals surface area (Å²) < 4.78 is 1.57. The van der Waals surface area contributed by atoms with Gasteiger partial charge in [-0.3, -0.25) is 9.48 Å². The number of hydrogen-bond acceptors (Lipinski definition) is 4. The summed E-state index contributed by atoms with van der Waals surface area (Å²) in [6.07, 6.45) is 3.45. The van der Waals surface area contributed by atoms with Crippen LogP contribution in [-0.4, -0.2) is 34.0 Å². The lowest BCUT2D eigenvalue weighted by molar-refractivity contribution is 0.0948. The lowest BCUT2D eigenvalue weighted by atomic mass is 10.1. The van der Waals surface area contributed by atoms with Crippen LogP contribution in [0.1, 0.15) is 22.5 Å². The number of rotatable bonds is 7. The van der Waals surface area contributed by atoms with E-state index in [0.29, 0.717) is 25.3 Å². The Labute approximate surface area is 118 Å². The zero-order valence-electron chi connectivity index (χ0n) is 11.3. The third-order valence-electron chi connectivity index (χ3n) is 2.90. The van der Waals surface area contributed by atoms with E-state index in [1.54, 1.807) is 10.9 Å². The maximum absolute atomic E-state index is 11.8. The van der Waals surface area contributed by atoms with Gasteiger partial charge in [0.2, 0.25) is 0 Å². The summed E-state index contributed by atoms with van der Waals surface area (Å²) >= 11 is 0. The van der Waals surface area contributed by atoms with Gasteiger partial charge < -0.3 is 11.1 Å². The van der Waals surface area contributed by atoms with Crippen LogP contribution in [0.4, 0.5) is 0 Å². The van der Waals surface area contributed by atoms with E-state index < -0.39 is 0 Å². The number of hydrogen-bond donors (Lipinski definition) is 2. The van der Waals surface area contributed by atoms with Gasteiger partial charge in [0.15, 0.2) is 5.69 Å². The van der Waals surface area contributed by atoms with E-state index in [-0.39, 0.29) is 5.91 Å². The Balaban J connectivity index is 1.72. The highest BCUT2D eigenvalue weighted by Gasteiger charge is 2.09. The number of benzene rings is 1. The molecule has 1 heterocycles. The second-order valence-electron chi connectivity index (χ2n) is 4.50. The zero-order valence-corrected chi connectivity index (χ0v) is 11.3. The van der Waals surface area contributed by atoms with Gasteiger partial charge >= 0.3 is 0 Å². The average Bonchev–Trinajstić information content (AvgIpc) is 2.94. The molecule has 0 aliphatic rings. The highest BCUT2D eigenvalue weighted by Crippen LogP contribution is 2.01. The quantitative estimate of drug-likeness (QED) is 0.723. The summed E-state index contributed by atoms with van der Waals surface area (Å²) in [6, 6.07) is 10.2. The highest BCUT2D eigenvalue weighted by molar-refractivity contribution is 5.91. The molecule has 0 unspecified atom stereocenters. The summed E-state index contributed by atoms with van der Waals surface area (Å²) in [6.45, 7) is 1.66. The van der Waals surface area contributed by atoms with Crippen LogP contribution in [0.3, 0.4) is 0 Å². The summed E-state index contributed by atoms with van der Waals surface area (Å²) in [7, 11) is 0.